The lowest BCUT2D eigenvalue weighted by atomic mass is 9.71. The number of hydrogen-bond donors (Lipinski definition) is 0. The Morgan fingerprint density at radius 2 is 0.541 bits per heavy atom. The number of hydrogen-bond acceptors (Lipinski definition) is 0. The summed E-state index contributed by atoms with van der Waals surface area (Å²) in [5.41, 5.74) is 26.8. The lowest BCUT2D eigenvalue weighted by Crippen LogP contribution is -2.18. The molecule has 0 unspecified atom stereocenters. The first-order valence-electron chi connectivity index (χ1n) is 27.1. The Bertz CT molecular complexity index is 3520. The van der Waals surface area contributed by atoms with E-state index in [9.17, 15) is 0 Å². The molecule has 0 atom stereocenters. The molecule has 0 aliphatic heterocycles. The maximum atomic E-state index is 2.55. The van der Waals surface area contributed by atoms with Crippen LogP contribution in [0.3, 0.4) is 0 Å². The van der Waals surface area contributed by atoms with Crippen molar-refractivity contribution >= 4 is 43.8 Å². The van der Waals surface area contributed by atoms with Gasteiger partial charge in [-0.05, 0) is 167 Å². The molecule has 0 N–H and O–H groups in total. The quantitative estimate of drug-likeness (QED) is 0.165. The van der Waals surface area contributed by atoms with Crippen LogP contribution in [0.1, 0.15) is 128 Å². The van der Waals surface area contributed by atoms with Crippen molar-refractivity contribution in [3.63, 3.8) is 0 Å². The van der Waals surface area contributed by atoms with Gasteiger partial charge in [0.25, 0.3) is 0 Å². The van der Waals surface area contributed by atoms with Gasteiger partial charge in [-0.2, -0.15) is 0 Å². The van der Waals surface area contributed by atoms with Gasteiger partial charge >= 0.3 is 0 Å². The molecule has 0 heteroatoms. The monoisotopic (exact) mass is 959 g/mol. The number of rotatable bonds is 4. The highest BCUT2D eigenvalue weighted by atomic mass is 14.5. The molecule has 12 rings (SSSR count). The topological polar surface area (TPSA) is 0 Å². The molecule has 0 fully saturated rings. The molecule has 8 aromatic carbocycles. The van der Waals surface area contributed by atoms with E-state index in [4.69, 9.17) is 0 Å². The molecule has 366 valence electrons. The van der Waals surface area contributed by atoms with Crippen LogP contribution in [0.4, 0.5) is 0 Å². The third-order valence-electron chi connectivity index (χ3n) is 16.6. The largest absolute Gasteiger partial charge is 0.0622 e. The third kappa shape index (κ3) is 7.87. The van der Waals surface area contributed by atoms with Crippen molar-refractivity contribution in [2.75, 3.05) is 0 Å². The van der Waals surface area contributed by atoms with Crippen LogP contribution in [0.25, 0.3) is 88.3 Å². The normalized spacial score (nSPS) is 16.7. The Kier molecular flexibility index (Phi) is 11.1. The van der Waals surface area contributed by atoms with Gasteiger partial charge in [0.05, 0.1) is 0 Å². The summed E-state index contributed by atoms with van der Waals surface area (Å²) in [6, 6.07) is 64.8. The van der Waals surface area contributed by atoms with Crippen LogP contribution in [0, 0.1) is 11.8 Å². The van der Waals surface area contributed by atoms with E-state index in [1.807, 2.05) is 0 Å². The minimum Gasteiger partial charge on any atom is -0.0622 e. The summed E-state index contributed by atoms with van der Waals surface area (Å²) in [6.07, 6.45) is 10.1. The van der Waals surface area contributed by atoms with Gasteiger partial charge < -0.3 is 0 Å². The fraction of sp³-hybridized carbons (Fsp3) is 0.243. The summed E-state index contributed by atoms with van der Waals surface area (Å²) < 4.78 is 0. The second-order valence-electron chi connectivity index (χ2n) is 25.7. The zero-order valence-corrected chi connectivity index (χ0v) is 45.6. The van der Waals surface area contributed by atoms with Gasteiger partial charge in [-0.3, -0.25) is 0 Å². The number of fused-ring (bicyclic) bond motifs is 8. The molecule has 0 amide bonds. The van der Waals surface area contributed by atoms with Crippen molar-refractivity contribution in [2.45, 2.75) is 105 Å². The van der Waals surface area contributed by atoms with Gasteiger partial charge in [-0.25, -0.2) is 0 Å². The highest BCUT2D eigenvalue weighted by Crippen LogP contribution is 2.67. The highest BCUT2D eigenvalue weighted by molar-refractivity contribution is 6.21. The number of allylic oxidation sites excluding steroid dienone is 8. The maximum Gasteiger partial charge on any atom is 0.0212 e. The van der Waals surface area contributed by atoms with Crippen LogP contribution in [0.15, 0.2) is 194 Å². The van der Waals surface area contributed by atoms with Gasteiger partial charge in [0.2, 0.25) is 0 Å². The molecular weight excluding hydrogens is 889 g/mol. The van der Waals surface area contributed by atoms with Gasteiger partial charge in [-0.15, -0.1) is 0 Å². The third-order valence-corrected chi connectivity index (χ3v) is 16.6. The van der Waals surface area contributed by atoms with Crippen LogP contribution in [-0.2, 0) is 21.7 Å². The van der Waals surface area contributed by atoms with E-state index in [1.54, 1.807) is 0 Å². The van der Waals surface area contributed by atoms with Gasteiger partial charge in [-0.1, -0.05) is 265 Å². The smallest absolute Gasteiger partial charge is 0.0212 e. The molecule has 4 aliphatic rings. The highest BCUT2D eigenvalue weighted by Gasteiger charge is 2.49. The molecule has 8 aromatic rings. The Balaban J connectivity index is 1.20. The molecule has 0 nitrogen and oxygen atoms in total. The van der Waals surface area contributed by atoms with Gasteiger partial charge in [0, 0.05) is 11.8 Å². The fourth-order valence-corrected chi connectivity index (χ4v) is 12.6. The predicted octanol–water partition coefficient (Wildman–Crippen LogP) is 20.5. The predicted molar refractivity (Wildman–Crippen MR) is 321 cm³/mol. The molecule has 0 bridgehead atoms. The lowest BCUT2D eigenvalue weighted by Gasteiger charge is -2.31. The van der Waals surface area contributed by atoms with Crippen LogP contribution in [-0.4, -0.2) is 0 Å². The average Bonchev–Trinajstić information content (AvgIpc) is 3.91. The number of benzene rings is 7. The summed E-state index contributed by atoms with van der Waals surface area (Å²) in [7, 11) is 0. The minimum atomic E-state index is -0.0362. The summed E-state index contributed by atoms with van der Waals surface area (Å²) in [4.78, 5) is 0. The molecule has 0 radical (unpaired) electrons. The second-order valence-corrected chi connectivity index (χ2v) is 25.7. The molecule has 0 spiro atoms. The average molecular weight is 959 g/mol. The fourth-order valence-electron chi connectivity index (χ4n) is 12.6. The molecule has 0 saturated heterocycles. The van der Waals surface area contributed by atoms with E-state index in [0.29, 0.717) is 0 Å². The summed E-state index contributed by atoms with van der Waals surface area (Å²) >= 11 is 0. The Hall–Kier alpha value is -7.28. The minimum absolute atomic E-state index is 0.0362. The molecule has 0 saturated carbocycles. The zero-order chi connectivity index (χ0) is 51.6. The standard InChI is InChI=1S/C74H70/c1-71(2,3)49-37-47(38-50(41-49)72(4,5)6)65-55-31-23-24-32-56(55)66(48-39-51(73(7,8)9)42-52(40-48)74(10,11)12)70-60-36-34-58-64-44-62-54(46-27-19-16-20-28-46)30-22-14-13-21-29-53(45-25-17-15-18-26-45)61(62)43-63(64)57-33-35-59(69(65)70)68(60)67(57)58/h13-44,67-68H,1-12H3. The van der Waals surface area contributed by atoms with Gasteiger partial charge in [0.15, 0.2) is 0 Å². The summed E-state index contributed by atoms with van der Waals surface area (Å²) in [6.45, 7) is 28.4. The van der Waals surface area contributed by atoms with Crippen molar-refractivity contribution < 1.29 is 0 Å². The first kappa shape index (κ1) is 47.7. The molecule has 0 aromatic heterocycles. The second kappa shape index (κ2) is 17.1. The van der Waals surface area contributed by atoms with Crippen LogP contribution in [0.5, 0.6) is 0 Å². The first-order valence-corrected chi connectivity index (χ1v) is 27.1. The van der Waals surface area contributed by atoms with E-state index in [2.05, 4.69) is 277 Å². The maximum absolute atomic E-state index is 2.55. The summed E-state index contributed by atoms with van der Waals surface area (Å²) in [5, 5.41) is 5.14. The Labute approximate surface area is 441 Å². The van der Waals surface area contributed by atoms with Crippen molar-refractivity contribution in [3.05, 3.63) is 239 Å². The molecule has 4 aliphatic carbocycles. The van der Waals surface area contributed by atoms with E-state index in [0.717, 1.165) is 0 Å². The summed E-state index contributed by atoms with van der Waals surface area (Å²) in [5.74, 6) is 0.325. The molecule has 0 heterocycles. The van der Waals surface area contributed by atoms with Crippen LogP contribution >= 0.6 is 0 Å². The zero-order valence-electron chi connectivity index (χ0n) is 45.6. The van der Waals surface area contributed by atoms with Crippen molar-refractivity contribution in [1.82, 2.24) is 0 Å². The first-order chi connectivity index (χ1) is 35.3. The SMILES string of the molecule is CC(C)(C)c1cc(-c2c3c(c(-c4cc(C(C)(C)C)cc(C(C)(C)C)c4)c4ccccc24)C2=CC=C4c5cc6c(-c7ccccc7)ccccccc(-c7ccccc7)c6cc5C5=CC=C3C2C54)cc(C(C)(C)C)c1. The van der Waals surface area contributed by atoms with Crippen molar-refractivity contribution in [3.8, 4) is 44.5 Å². The van der Waals surface area contributed by atoms with E-state index in [1.165, 1.54) is 133 Å². The van der Waals surface area contributed by atoms with Crippen molar-refractivity contribution in [2.24, 2.45) is 11.8 Å². The molecular formula is C74H70. The van der Waals surface area contributed by atoms with Crippen LogP contribution in [0.2, 0.25) is 0 Å². The van der Waals surface area contributed by atoms with E-state index >= 15 is 0 Å². The molecule has 74 heavy (non-hydrogen) atoms. The van der Waals surface area contributed by atoms with E-state index < -0.39 is 0 Å². The lowest BCUT2D eigenvalue weighted by molar-refractivity contribution is 0.568. The van der Waals surface area contributed by atoms with E-state index in [-0.39, 0.29) is 33.5 Å². The van der Waals surface area contributed by atoms with Crippen molar-refractivity contribution in [1.29, 1.82) is 0 Å². The Morgan fingerprint density at radius 1 is 0.243 bits per heavy atom. The Morgan fingerprint density at radius 3 is 0.892 bits per heavy atom. The van der Waals surface area contributed by atoms with Gasteiger partial charge in [0.1, 0.15) is 0 Å². The van der Waals surface area contributed by atoms with Crippen LogP contribution < -0.4 is 0 Å².